The summed E-state index contributed by atoms with van der Waals surface area (Å²) in [4.78, 5) is 22.2. The third-order valence-electron chi connectivity index (χ3n) is 3.03. The van der Waals surface area contributed by atoms with Crippen LogP contribution in [0.2, 0.25) is 0 Å². The second-order valence-corrected chi connectivity index (χ2v) is 6.64. The van der Waals surface area contributed by atoms with E-state index in [2.05, 4.69) is 31.3 Å². The van der Waals surface area contributed by atoms with Crippen LogP contribution in [0.5, 0.6) is 0 Å². The van der Waals surface area contributed by atoms with E-state index in [4.69, 9.17) is 0 Å². The zero-order valence-electron chi connectivity index (χ0n) is 12.9. The Balaban J connectivity index is 2.23. The molecule has 0 fully saturated rings. The maximum atomic E-state index is 14.2. The Morgan fingerprint density at radius 1 is 1.25 bits per heavy atom. The minimum atomic E-state index is -0.514. The van der Waals surface area contributed by atoms with Crippen LogP contribution in [0.3, 0.4) is 0 Å². The van der Waals surface area contributed by atoms with Gasteiger partial charge in [-0.3, -0.25) is 9.59 Å². The highest BCUT2D eigenvalue weighted by atomic mass is 79.9. The van der Waals surface area contributed by atoms with Crippen LogP contribution >= 0.6 is 27.9 Å². The van der Waals surface area contributed by atoms with Crippen LogP contribution in [0.25, 0.3) is 0 Å². The number of carbonyl (C=O) groups excluding carboxylic acids is 2. The topological polar surface area (TPSA) is 70.2 Å². The molecule has 0 saturated carbocycles. The van der Waals surface area contributed by atoms with Crippen LogP contribution in [-0.4, -0.2) is 12.3 Å². The summed E-state index contributed by atoms with van der Waals surface area (Å²) in [7, 11) is 0. The number of benzene rings is 2. The lowest BCUT2D eigenvalue weighted by Crippen LogP contribution is -2.09. The van der Waals surface area contributed by atoms with Crippen LogP contribution in [0.1, 0.15) is 12.5 Å². The molecule has 3 N–H and O–H groups in total. The van der Waals surface area contributed by atoms with Crippen LogP contribution in [0, 0.1) is 12.7 Å². The normalized spacial score (nSPS) is 10.2. The predicted octanol–water partition coefficient (Wildman–Crippen LogP) is 4.54. The van der Waals surface area contributed by atoms with Gasteiger partial charge in [0, 0.05) is 23.2 Å². The molecule has 0 aliphatic rings. The van der Waals surface area contributed by atoms with Crippen LogP contribution < -0.4 is 15.4 Å². The highest BCUT2D eigenvalue weighted by Gasteiger charge is 2.12. The maximum Gasteiger partial charge on any atom is 0.221 e. The van der Waals surface area contributed by atoms with E-state index in [1.165, 1.54) is 13.0 Å². The second-order valence-electron chi connectivity index (χ2n) is 4.94. The molecule has 0 aromatic heterocycles. The molecule has 5 nitrogen and oxygen atoms in total. The molecule has 126 valence electrons. The van der Waals surface area contributed by atoms with Gasteiger partial charge in [0.1, 0.15) is 5.82 Å². The number of rotatable bonds is 6. The van der Waals surface area contributed by atoms with Crippen LogP contribution in [-0.2, 0) is 9.59 Å². The molecule has 0 heterocycles. The summed E-state index contributed by atoms with van der Waals surface area (Å²) in [6.45, 7) is 3.29. The van der Waals surface area contributed by atoms with Gasteiger partial charge in [-0.25, -0.2) is 4.39 Å². The third-order valence-corrected chi connectivity index (χ3v) is 4.79. The van der Waals surface area contributed by atoms with E-state index in [1.807, 2.05) is 25.1 Å². The minimum absolute atomic E-state index is 0.196. The van der Waals surface area contributed by atoms with Gasteiger partial charge in [-0.2, -0.15) is 0 Å². The molecule has 2 amide bonds. The van der Waals surface area contributed by atoms with E-state index in [0.717, 1.165) is 33.7 Å². The Morgan fingerprint density at radius 2 is 2.00 bits per heavy atom. The van der Waals surface area contributed by atoms with E-state index in [-0.39, 0.29) is 16.5 Å². The van der Waals surface area contributed by atoms with Crippen molar-refractivity contribution in [2.24, 2.45) is 0 Å². The van der Waals surface area contributed by atoms with E-state index < -0.39 is 5.82 Å². The van der Waals surface area contributed by atoms with Gasteiger partial charge in [-0.1, -0.05) is 15.9 Å². The zero-order chi connectivity index (χ0) is 17.7. The molecule has 2 rings (SSSR count). The quantitative estimate of drug-likeness (QED) is 0.481. The van der Waals surface area contributed by atoms with Crippen molar-refractivity contribution in [2.45, 2.75) is 18.7 Å². The van der Waals surface area contributed by atoms with Gasteiger partial charge in [-0.15, -0.1) is 0 Å². The highest BCUT2D eigenvalue weighted by molar-refractivity contribution is 9.10. The lowest BCUT2D eigenvalue weighted by molar-refractivity contribution is -0.114. The highest BCUT2D eigenvalue weighted by Crippen LogP contribution is 2.32. The molecule has 2 aromatic carbocycles. The third kappa shape index (κ3) is 4.72. The summed E-state index contributed by atoms with van der Waals surface area (Å²) >= 11 is 4.50. The smallest absolute Gasteiger partial charge is 0.221 e. The van der Waals surface area contributed by atoms with Crippen molar-refractivity contribution in [1.82, 2.24) is 0 Å². The molecule has 0 atom stereocenters. The fourth-order valence-electron chi connectivity index (χ4n) is 1.93. The standard InChI is InChI=1S/C16H15BrFN3O2S/c1-9-5-11(3-4-12(9)17)21-24-16-7-15(20-10(2)23)14(19-8-22)6-13(16)18/h3-8,21H,1-2H3,(H,19,22)(H,20,23). The summed E-state index contributed by atoms with van der Waals surface area (Å²) in [5.41, 5.74) is 2.38. The average molecular weight is 412 g/mol. The Labute approximate surface area is 151 Å². The summed E-state index contributed by atoms with van der Waals surface area (Å²) in [5.74, 6) is -0.831. The van der Waals surface area contributed by atoms with E-state index >= 15 is 0 Å². The van der Waals surface area contributed by atoms with Gasteiger partial charge in [-0.05, 0) is 48.7 Å². The fraction of sp³-hybridized carbons (Fsp3) is 0.125. The number of hydrogen-bond acceptors (Lipinski definition) is 4. The Bertz CT molecular complexity index is 786. The number of aryl methyl sites for hydroxylation is 1. The molecule has 0 unspecified atom stereocenters. The van der Waals surface area contributed by atoms with E-state index in [1.54, 1.807) is 0 Å². The lowest BCUT2D eigenvalue weighted by atomic mass is 10.2. The van der Waals surface area contributed by atoms with E-state index in [9.17, 15) is 14.0 Å². The summed E-state index contributed by atoms with van der Waals surface area (Å²) in [6, 6.07) is 8.31. The number of hydrogen-bond donors (Lipinski definition) is 3. The van der Waals surface area contributed by atoms with Crippen molar-refractivity contribution in [3.05, 3.63) is 46.2 Å². The first-order chi connectivity index (χ1) is 11.4. The first-order valence-corrected chi connectivity index (χ1v) is 8.52. The van der Waals surface area contributed by atoms with Gasteiger partial charge in [0.25, 0.3) is 0 Å². The summed E-state index contributed by atoms with van der Waals surface area (Å²) in [6.07, 6.45) is 0.426. The molecule has 0 radical (unpaired) electrons. The molecule has 0 bridgehead atoms. The average Bonchev–Trinajstić information content (AvgIpc) is 2.51. The number of nitrogens with one attached hydrogen (secondary N) is 3. The van der Waals surface area contributed by atoms with Crippen molar-refractivity contribution >= 4 is 57.3 Å². The van der Waals surface area contributed by atoms with Gasteiger partial charge >= 0.3 is 0 Å². The molecule has 0 spiro atoms. The fourth-order valence-corrected chi connectivity index (χ4v) is 2.86. The largest absolute Gasteiger partial charge is 0.327 e. The molecular formula is C16H15BrFN3O2S. The van der Waals surface area contributed by atoms with Crippen LogP contribution in [0.4, 0.5) is 21.5 Å². The van der Waals surface area contributed by atoms with Crippen molar-refractivity contribution < 1.29 is 14.0 Å². The van der Waals surface area contributed by atoms with E-state index in [0.29, 0.717) is 12.1 Å². The monoisotopic (exact) mass is 411 g/mol. The molecule has 0 aliphatic heterocycles. The molecule has 24 heavy (non-hydrogen) atoms. The van der Waals surface area contributed by atoms with Crippen molar-refractivity contribution in [2.75, 3.05) is 15.4 Å². The van der Waals surface area contributed by atoms with Gasteiger partial charge in [0.05, 0.1) is 16.3 Å². The first-order valence-electron chi connectivity index (χ1n) is 6.91. The minimum Gasteiger partial charge on any atom is -0.327 e. The SMILES string of the molecule is CC(=O)Nc1cc(SNc2ccc(Br)c(C)c2)c(F)cc1NC=O. The maximum absolute atomic E-state index is 14.2. The Kier molecular flexibility index (Phi) is 6.22. The van der Waals surface area contributed by atoms with Gasteiger partial charge in [0.15, 0.2) is 0 Å². The van der Waals surface area contributed by atoms with Crippen LogP contribution in [0.15, 0.2) is 39.7 Å². The van der Waals surface area contributed by atoms with Crippen molar-refractivity contribution in [3.8, 4) is 0 Å². The zero-order valence-corrected chi connectivity index (χ0v) is 15.3. The number of carbonyl (C=O) groups is 2. The molecule has 8 heteroatoms. The van der Waals surface area contributed by atoms with Gasteiger partial charge in [0.2, 0.25) is 12.3 Å². The number of amides is 2. The van der Waals surface area contributed by atoms with Gasteiger partial charge < -0.3 is 15.4 Å². The molecular weight excluding hydrogens is 397 g/mol. The molecule has 2 aromatic rings. The summed E-state index contributed by atoms with van der Waals surface area (Å²) < 4.78 is 18.2. The lowest BCUT2D eigenvalue weighted by Gasteiger charge is -2.13. The predicted molar refractivity (Wildman–Crippen MR) is 98.7 cm³/mol. The second kappa shape index (κ2) is 8.16. The molecule has 0 saturated heterocycles. The Hall–Kier alpha value is -2.06. The first kappa shape index (κ1) is 18.3. The summed E-state index contributed by atoms with van der Waals surface area (Å²) in [5, 5.41) is 4.93. The molecule has 0 aliphatic carbocycles. The number of anilines is 3. The number of halogens is 2. The van der Waals surface area contributed by atoms with Crippen molar-refractivity contribution in [3.63, 3.8) is 0 Å². The Morgan fingerprint density at radius 3 is 2.62 bits per heavy atom. The van der Waals surface area contributed by atoms with Crippen molar-refractivity contribution in [1.29, 1.82) is 0 Å².